The summed E-state index contributed by atoms with van der Waals surface area (Å²) in [5.74, 6) is -7.60. The fourth-order valence-corrected chi connectivity index (χ4v) is 8.19. The zero-order valence-electron chi connectivity index (χ0n) is 41.3. The van der Waals surface area contributed by atoms with Crippen LogP contribution < -0.4 is 54.4 Å². The van der Waals surface area contributed by atoms with E-state index in [2.05, 4.69) is 67.5 Å². The summed E-state index contributed by atoms with van der Waals surface area (Å²) in [7, 11) is 0. The average molecular weight is 1060 g/mol. The van der Waals surface area contributed by atoms with E-state index >= 15 is 0 Å². The van der Waals surface area contributed by atoms with Crippen LogP contribution in [0.25, 0.3) is 0 Å². The molecule has 0 aliphatic carbocycles. The zero-order valence-corrected chi connectivity index (χ0v) is 43.1. The summed E-state index contributed by atoms with van der Waals surface area (Å²) in [4.78, 5) is 139. The topological polar surface area (TPSA) is 369 Å². The van der Waals surface area contributed by atoms with E-state index in [0.29, 0.717) is 17.5 Å². The van der Waals surface area contributed by atoms with Crippen LogP contribution in [0.1, 0.15) is 76.8 Å². The van der Waals surface area contributed by atoms with Gasteiger partial charge in [0.25, 0.3) is 0 Å². The Labute approximate surface area is 435 Å². The van der Waals surface area contributed by atoms with Crippen LogP contribution in [-0.2, 0) is 60.8 Å². The molecule has 7 atom stereocenters. The lowest BCUT2D eigenvalue weighted by Crippen LogP contribution is -2.61. The molecule has 9 amide bonds. The van der Waals surface area contributed by atoms with Crippen LogP contribution in [0.15, 0.2) is 59.6 Å². The Morgan fingerprint density at radius 2 is 1.27 bits per heavy atom. The number of carbonyl (C=O) groups is 10. The van der Waals surface area contributed by atoms with Crippen molar-refractivity contribution in [1.82, 2.24) is 42.1 Å². The molecule has 0 bridgehead atoms. The van der Waals surface area contributed by atoms with E-state index in [-0.39, 0.29) is 93.5 Å². The number of rotatable bonds is 30. The molecular formula is C48H70N12O11S2. The number of nitrogens with zero attached hydrogens (tertiary/aromatic N) is 2. The van der Waals surface area contributed by atoms with Crippen LogP contribution in [0.5, 0.6) is 5.75 Å². The minimum atomic E-state index is -1.41. The molecule has 2 aromatic rings. The van der Waals surface area contributed by atoms with Crippen molar-refractivity contribution in [3.8, 4) is 5.75 Å². The van der Waals surface area contributed by atoms with Crippen molar-refractivity contribution in [2.75, 3.05) is 31.1 Å². The highest BCUT2D eigenvalue weighted by molar-refractivity contribution is 7.80. The summed E-state index contributed by atoms with van der Waals surface area (Å²) >= 11 is 8.44. The first-order chi connectivity index (χ1) is 34.6. The Hall–Kier alpha value is -6.89. The van der Waals surface area contributed by atoms with Crippen LogP contribution in [-0.4, -0.2) is 148 Å². The fourth-order valence-electron chi connectivity index (χ4n) is 7.74. The molecule has 1 saturated heterocycles. The number of benzene rings is 2. The SMILES string of the molecule is CC(=O)CC[C@H](NC(=O)[C@H](Cc1ccccc1)NC(=O)[C@H](Cc1ccc(O)cc1)NC(=O)CCS)C(=O)N[C@H](C(=O)N[C@@H](CS)C(=O)N1CCC[C@H]1C(=O)N[C@H](CCCN=C(N)N)C(=O)NCC(N)=O)C(C)C. The molecule has 14 N–H and O–H groups in total. The quantitative estimate of drug-likeness (QED) is 0.0175. The van der Waals surface area contributed by atoms with Gasteiger partial charge >= 0.3 is 0 Å². The molecule has 1 aliphatic rings. The summed E-state index contributed by atoms with van der Waals surface area (Å²) in [5.41, 5.74) is 17.2. The Morgan fingerprint density at radius 1 is 0.699 bits per heavy atom. The molecule has 23 nitrogen and oxygen atoms in total. The van der Waals surface area contributed by atoms with Crippen molar-refractivity contribution >= 4 is 90.2 Å². The number of hydrogen-bond acceptors (Lipinski definition) is 14. The second kappa shape index (κ2) is 30.9. The van der Waals surface area contributed by atoms with Crippen LogP contribution in [0.3, 0.4) is 0 Å². The smallest absolute Gasteiger partial charge is 0.246 e. The van der Waals surface area contributed by atoms with Crippen molar-refractivity contribution < 1.29 is 53.1 Å². The summed E-state index contributed by atoms with van der Waals surface area (Å²) in [5, 5.41) is 28.2. The number of ketones is 1. The number of aliphatic imine (C=N–C) groups is 1. The van der Waals surface area contributed by atoms with Gasteiger partial charge in [0, 0.05) is 44.5 Å². The van der Waals surface area contributed by atoms with Crippen molar-refractivity contribution in [2.24, 2.45) is 28.1 Å². The Morgan fingerprint density at radius 3 is 1.85 bits per heavy atom. The van der Waals surface area contributed by atoms with E-state index in [1.807, 2.05) is 0 Å². The maximum Gasteiger partial charge on any atom is 0.246 e. The van der Waals surface area contributed by atoms with Crippen LogP contribution in [0, 0.1) is 5.92 Å². The number of carbonyl (C=O) groups excluding carboxylic acids is 10. The Kier molecular flexibility index (Phi) is 25.5. The van der Waals surface area contributed by atoms with Gasteiger partial charge in [0.05, 0.1) is 6.54 Å². The second-order valence-electron chi connectivity index (χ2n) is 17.9. The number of nitrogens with two attached hydrogens (primary N) is 3. The standard InChI is InChI=1S/C48H70N12O11S2/c1-27(2)40(46(70)58-36(26-73)47(71)60-21-8-12-37(60)45(69)56-32(11-7-20-52-48(50)51)41(65)53-25-38(49)63)59-42(66)33(18-13-28(3)61)55-44(68)35(23-29-9-5-4-6-10-29)57-43(67)34(54-39(64)19-22-72)24-30-14-16-31(62)17-15-30/h4-6,9-10,14-17,27,32-37,40,62,72-73H,7-8,11-13,18-26H2,1-3H3,(H2,49,63)(H,53,65)(H,54,64)(H,55,68)(H,56,69)(H,57,67)(H,58,70)(H,59,66)(H4,50,51,52)/t32-,33+,34+,35+,36+,37+,40+/m1/s1. The predicted molar refractivity (Wildman–Crippen MR) is 277 cm³/mol. The first kappa shape index (κ1) is 60.4. The molecule has 1 heterocycles. The van der Waals surface area contributed by atoms with E-state index in [1.54, 1.807) is 56.3 Å². The monoisotopic (exact) mass is 1050 g/mol. The third kappa shape index (κ3) is 21.0. The first-order valence-corrected chi connectivity index (χ1v) is 25.2. The van der Waals surface area contributed by atoms with Crippen LogP contribution >= 0.6 is 25.3 Å². The summed E-state index contributed by atoms with van der Waals surface area (Å²) in [6, 6.07) is 6.00. The van der Waals surface area contributed by atoms with Gasteiger partial charge in [0.2, 0.25) is 53.2 Å². The number of likely N-dealkylation sites (tertiary alicyclic amines) is 1. The number of phenols is 1. The Balaban J connectivity index is 1.83. The number of nitrogens with one attached hydrogen (secondary N) is 7. The lowest BCUT2D eigenvalue weighted by molar-refractivity contribution is -0.142. The lowest BCUT2D eigenvalue weighted by atomic mass is 10.00. The maximum atomic E-state index is 14.3. The van der Waals surface area contributed by atoms with Crippen molar-refractivity contribution in [1.29, 1.82) is 0 Å². The molecule has 0 spiro atoms. The van der Waals surface area contributed by atoms with Gasteiger partial charge in [0.1, 0.15) is 53.8 Å². The van der Waals surface area contributed by atoms with Gasteiger partial charge in [-0.3, -0.25) is 48.1 Å². The van der Waals surface area contributed by atoms with E-state index in [4.69, 9.17) is 17.2 Å². The molecule has 0 unspecified atom stereocenters. The molecular weight excluding hydrogens is 985 g/mol. The molecule has 2 aromatic carbocycles. The van der Waals surface area contributed by atoms with Gasteiger partial charge in [-0.2, -0.15) is 25.3 Å². The molecule has 73 heavy (non-hydrogen) atoms. The number of guanidine groups is 1. The largest absolute Gasteiger partial charge is 0.508 e. The zero-order chi connectivity index (χ0) is 54.2. The van der Waals surface area contributed by atoms with Crippen LogP contribution in [0.2, 0.25) is 0 Å². The van der Waals surface area contributed by atoms with E-state index in [9.17, 15) is 53.1 Å². The fraction of sp³-hybridized carbons (Fsp3) is 0.521. The normalized spacial score (nSPS) is 15.5. The highest BCUT2D eigenvalue weighted by atomic mass is 32.1. The number of amides is 9. The second-order valence-corrected chi connectivity index (χ2v) is 18.7. The minimum Gasteiger partial charge on any atom is -0.508 e. The number of Topliss-reactive ketones (excluding diaryl/α,β-unsaturated/α-hetero) is 1. The molecule has 400 valence electrons. The third-order valence-electron chi connectivity index (χ3n) is 11.6. The van der Waals surface area contributed by atoms with Gasteiger partial charge in [-0.05, 0) is 74.0 Å². The maximum absolute atomic E-state index is 14.3. The van der Waals surface area contributed by atoms with E-state index in [1.165, 1.54) is 24.0 Å². The van der Waals surface area contributed by atoms with Gasteiger partial charge in [-0.15, -0.1) is 0 Å². The summed E-state index contributed by atoms with van der Waals surface area (Å²) in [6.07, 6.45) is 0.531. The molecule has 0 aromatic heterocycles. The van der Waals surface area contributed by atoms with E-state index in [0.717, 1.165) is 0 Å². The number of thiol groups is 2. The average Bonchev–Trinajstić information content (AvgIpc) is 3.84. The number of primary amides is 1. The summed E-state index contributed by atoms with van der Waals surface area (Å²) < 4.78 is 0. The number of phenolic OH excluding ortho intramolecular Hbond substituents is 1. The lowest BCUT2D eigenvalue weighted by Gasteiger charge is -2.31. The highest BCUT2D eigenvalue weighted by Crippen LogP contribution is 2.20. The molecule has 1 fully saturated rings. The predicted octanol–water partition coefficient (Wildman–Crippen LogP) is -1.99. The molecule has 1 aliphatic heterocycles. The molecule has 3 rings (SSSR count). The van der Waals surface area contributed by atoms with Gasteiger partial charge in [-0.25, -0.2) is 0 Å². The first-order valence-electron chi connectivity index (χ1n) is 23.9. The van der Waals surface area contributed by atoms with E-state index < -0.39 is 108 Å². The highest BCUT2D eigenvalue weighted by Gasteiger charge is 2.40. The molecule has 25 heteroatoms. The Bertz CT molecular complexity index is 2270. The molecule has 0 saturated carbocycles. The van der Waals surface area contributed by atoms with Crippen molar-refractivity contribution in [3.05, 3.63) is 65.7 Å². The minimum absolute atomic E-state index is 0.00157. The van der Waals surface area contributed by atoms with Crippen molar-refractivity contribution in [3.63, 3.8) is 0 Å². The van der Waals surface area contributed by atoms with Crippen molar-refractivity contribution in [2.45, 2.75) is 121 Å². The van der Waals surface area contributed by atoms with Gasteiger partial charge in [-0.1, -0.05) is 56.3 Å². The van der Waals surface area contributed by atoms with Gasteiger partial charge < -0.3 is 69.2 Å². The number of hydrogen-bond donors (Lipinski definition) is 13. The summed E-state index contributed by atoms with van der Waals surface area (Å²) in [6.45, 7) is 4.35. The third-order valence-corrected chi connectivity index (χ3v) is 12.2. The molecule has 0 radical (unpaired) electrons. The van der Waals surface area contributed by atoms with Crippen LogP contribution in [0.4, 0.5) is 0 Å². The van der Waals surface area contributed by atoms with Gasteiger partial charge in [0.15, 0.2) is 5.96 Å². The number of aromatic hydroxyl groups is 1.